The molecule has 6 aromatic carbocycles. The van der Waals surface area contributed by atoms with Gasteiger partial charge in [-0.15, -0.1) is 0 Å². The maximum absolute atomic E-state index is 15.5. The summed E-state index contributed by atoms with van der Waals surface area (Å²) in [4.78, 5) is 1.45. The molecule has 2 heterocycles. The summed E-state index contributed by atoms with van der Waals surface area (Å²) in [6.45, 7) is 0. The lowest BCUT2D eigenvalue weighted by Gasteiger charge is -2.26. The van der Waals surface area contributed by atoms with E-state index < -0.39 is 9.73 Å². The first-order valence-corrected chi connectivity index (χ1v) is 15.5. The smallest absolute Gasteiger partial charge is 0.110 e. The van der Waals surface area contributed by atoms with Crippen LogP contribution in [-0.4, -0.2) is 8.78 Å². The van der Waals surface area contributed by atoms with Crippen LogP contribution in [0.5, 0.6) is 0 Å². The first-order chi connectivity index (χ1) is 20.7. The zero-order valence-corrected chi connectivity index (χ0v) is 23.5. The zero-order chi connectivity index (χ0) is 28.1. The van der Waals surface area contributed by atoms with Crippen LogP contribution in [0, 0.1) is 0 Å². The van der Waals surface area contributed by atoms with Gasteiger partial charge in [0.05, 0.1) is 26.5 Å². The molecular weight excluding hydrogens is 532 g/mol. The normalized spacial score (nSPS) is 16.4. The van der Waals surface area contributed by atoms with E-state index in [0.29, 0.717) is 4.90 Å². The Hall–Kier alpha value is -5.19. The van der Waals surface area contributed by atoms with Gasteiger partial charge in [0.15, 0.2) is 0 Å². The molecule has 1 aliphatic rings. The van der Waals surface area contributed by atoms with Crippen LogP contribution in [0.3, 0.4) is 0 Å². The highest BCUT2D eigenvalue weighted by atomic mass is 32.2. The summed E-state index contributed by atoms with van der Waals surface area (Å²) in [5.41, 5.74) is 7.96. The van der Waals surface area contributed by atoms with Gasteiger partial charge < -0.3 is 4.57 Å². The maximum Gasteiger partial charge on any atom is 0.110 e. The van der Waals surface area contributed by atoms with Gasteiger partial charge in [0.1, 0.15) is 9.73 Å². The number of benzene rings is 6. The Bertz CT molecular complexity index is 2270. The van der Waals surface area contributed by atoms with Gasteiger partial charge >= 0.3 is 0 Å². The van der Waals surface area contributed by atoms with Crippen molar-refractivity contribution in [2.45, 2.75) is 4.90 Å². The van der Waals surface area contributed by atoms with Gasteiger partial charge in [-0.05, 0) is 59.7 Å². The molecule has 8 rings (SSSR count). The number of para-hydroxylation sites is 2. The largest absolute Gasteiger partial charge is 0.309 e. The molecule has 0 bridgehead atoms. The van der Waals surface area contributed by atoms with Crippen molar-refractivity contribution in [1.82, 2.24) is 4.57 Å². The van der Waals surface area contributed by atoms with Crippen LogP contribution in [0.25, 0.3) is 38.0 Å². The van der Waals surface area contributed by atoms with Crippen molar-refractivity contribution in [2.24, 2.45) is 4.36 Å². The second-order valence-corrected chi connectivity index (χ2v) is 12.6. The third kappa shape index (κ3) is 3.76. The third-order valence-electron chi connectivity index (χ3n) is 7.98. The van der Waals surface area contributed by atoms with Crippen LogP contribution in [-0.2, 0) is 9.73 Å². The lowest BCUT2D eigenvalue weighted by Crippen LogP contribution is -2.11. The molecule has 0 aliphatic carbocycles. The molecule has 7 aromatic rings. The van der Waals surface area contributed by atoms with E-state index in [9.17, 15) is 0 Å². The van der Waals surface area contributed by atoms with Gasteiger partial charge in [-0.1, -0.05) is 109 Å². The molecule has 0 fully saturated rings. The molecule has 1 aromatic heterocycles. The summed E-state index contributed by atoms with van der Waals surface area (Å²) in [5.74, 6) is 0. The zero-order valence-electron chi connectivity index (χ0n) is 22.7. The van der Waals surface area contributed by atoms with E-state index >= 15 is 4.21 Å². The molecule has 0 saturated carbocycles. The van der Waals surface area contributed by atoms with E-state index in [1.807, 2.05) is 72.8 Å². The summed E-state index contributed by atoms with van der Waals surface area (Å²) in [5, 5.41) is 2.26. The molecule has 1 atom stereocenters. The Balaban J connectivity index is 1.51. The molecule has 3 nitrogen and oxygen atoms in total. The van der Waals surface area contributed by atoms with Gasteiger partial charge in [-0.3, -0.25) is 0 Å². The van der Waals surface area contributed by atoms with Gasteiger partial charge in [-0.25, -0.2) is 4.21 Å². The second-order valence-electron chi connectivity index (χ2n) is 10.4. The van der Waals surface area contributed by atoms with Crippen LogP contribution >= 0.6 is 0 Å². The molecule has 200 valence electrons. The number of nitrogens with zero attached hydrogens (tertiary/aromatic N) is 2. The van der Waals surface area contributed by atoms with Crippen LogP contribution in [0.2, 0.25) is 0 Å². The van der Waals surface area contributed by atoms with Crippen LogP contribution in [0.15, 0.2) is 167 Å². The van der Waals surface area contributed by atoms with Crippen molar-refractivity contribution < 1.29 is 4.21 Å². The highest BCUT2D eigenvalue weighted by Gasteiger charge is 2.31. The van der Waals surface area contributed by atoms with Crippen LogP contribution in [0.4, 0.5) is 5.69 Å². The highest BCUT2D eigenvalue weighted by molar-refractivity contribution is 8.03. The molecule has 0 spiro atoms. The predicted molar refractivity (Wildman–Crippen MR) is 175 cm³/mol. The minimum atomic E-state index is -3.04. The molecule has 0 saturated heterocycles. The number of hydrogen-bond donors (Lipinski definition) is 0. The van der Waals surface area contributed by atoms with Crippen molar-refractivity contribution in [1.29, 1.82) is 0 Å². The topological polar surface area (TPSA) is 34.4 Å². The fraction of sp³-hybridized carbons (Fsp3) is 0. The van der Waals surface area contributed by atoms with Gasteiger partial charge in [0.25, 0.3) is 0 Å². The molecule has 0 radical (unpaired) electrons. The van der Waals surface area contributed by atoms with E-state index in [4.69, 9.17) is 4.36 Å². The Morgan fingerprint density at radius 2 is 1.14 bits per heavy atom. The van der Waals surface area contributed by atoms with E-state index in [2.05, 4.69) is 89.5 Å². The molecular formula is C38H26N2OS. The van der Waals surface area contributed by atoms with Gasteiger partial charge in [0.2, 0.25) is 0 Å². The second kappa shape index (κ2) is 9.72. The monoisotopic (exact) mass is 558 g/mol. The summed E-state index contributed by atoms with van der Waals surface area (Å²) < 4.78 is 22.8. The Morgan fingerprint density at radius 3 is 1.93 bits per heavy atom. The van der Waals surface area contributed by atoms with Crippen LogP contribution in [0.1, 0.15) is 16.7 Å². The van der Waals surface area contributed by atoms with Crippen molar-refractivity contribution in [3.63, 3.8) is 0 Å². The molecule has 0 N–H and O–H groups in total. The lowest BCUT2D eigenvalue weighted by atomic mass is 9.93. The van der Waals surface area contributed by atoms with Crippen molar-refractivity contribution in [2.75, 3.05) is 0 Å². The van der Waals surface area contributed by atoms with E-state index in [-0.39, 0.29) is 0 Å². The fourth-order valence-electron chi connectivity index (χ4n) is 6.15. The number of hydrogen-bond acceptors (Lipinski definition) is 2. The van der Waals surface area contributed by atoms with Crippen LogP contribution < -0.4 is 0 Å². The highest BCUT2D eigenvalue weighted by Crippen LogP contribution is 2.48. The molecule has 1 aliphatic heterocycles. The quantitative estimate of drug-likeness (QED) is 0.212. The molecule has 42 heavy (non-hydrogen) atoms. The Kier molecular flexibility index (Phi) is 5.69. The minimum absolute atomic E-state index is 0.703. The Labute approximate surface area is 245 Å². The average Bonchev–Trinajstić information content (AvgIpc) is 3.39. The summed E-state index contributed by atoms with van der Waals surface area (Å²) in [6.07, 6.45) is 0. The van der Waals surface area contributed by atoms with Crippen molar-refractivity contribution in [3.05, 3.63) is 174 Å². The molecule has 1 unspecified atom stereocenters. The lowest BCUT2D eigenvalue weighted by molar-refractivity contribution is 0.683. The standard InChI is InChI=1S/C38H26N2OS/c41-42(30-18-8-3-9-19-30)38(37(27-14-4-1-5-15-27)32-21-10-12-22-34(32)39-42)28-24-25-36-33(26-28)31-20-11-13-23-35(31)40(36)29-16-6-2-7-17-29/h1-26H. The molecule has 4 heteroatoms. The summed E-state index contributed by atoms with van der Waals surface area (Å²) >= 11 is 0. The van der Waals surface area contributed by atoms with Crippen molar-refractivity contribution >= 4 is 47.7 Å². The number of rotatable bonds is 4. The fourth-order valence-corrected chi connectivity index (χ4v) is 8.50. The summed E-state index contributed by atoms with van der Waals surface area (Å²) in [7, 11) is -3.04. The first-order valence-electron chi connectivity index (χ1n) is 14.0. The number of fused-ring (bicyclic) bond motifs is 4. The van der Waals surface area contributed by atoms with Gasteiger partial charge in [0, 0.05) is 27.6 Å². The van der Waals surface area contributed by atoms with E-state index in [1.54, 1.807) is 0 Å². The predicted octanol–water partition coefficient (Wildman–Crippen LogP) is 9.87. The minimum Gasteiger partial charge on any atom is -0.309 e. The van der Waals surface area contributed by atoms with E-state index in [0.717, 1.165) is 60.3 Å². The van der Waals surface area contributed by atoms with E-state index in [1.165, 1.54) is 0 Å². The third-order valence-corrected chi connectivity index (χ3v) is 10.3. The molecule has 0 amide bonds. The van der Waals surface area contributed by atoms with Gasteiger partial charge in [-0.2, -0.15) is 4.36 Å². The SMILES string of the molecule is O=S1(c2ccccc2)=Nc2ccccc2C(c2ccccc2)=C1c1ccc2c(c1)c1ccccc1n2-c1ccccc1. The maximum atomic E-state index is 15.5. The first kappa shape index (κ1) is 24.6. The average molecular weight is 559 g/mol. The summed E-state index contributed by atoms with van der Waals surface area (Å²) in [6, 6.07) is 53.5. The number of aromatic nitrogens is 1. The Morgan fingerprint density at radius 1 is 0.524 bits per heavy atom. The van der Waals surface area contributed by atoms with Crippen molar-refractivity contribution in [3.8, 4) is 5.69 Å².